The number of rotatable bonds is 2. The second kappa shape index (κ2) is 4.34. The van der Waals surface area contributed by atoms with Crippen molar-refractivity contribution in [1.29, 1.82) is 0 Å². The van der Waals surface area contributed by atoms with E-state index in [1.807, 2.05) is 12.1 Å². The van der Waals surface area contributed by atoms with Crippen molar-refractivity contribution in [2.24, 2.45) is 5.16 Å². The summed E-state index contributed by atoms with van der Waals surface area (Å²) in [6.07, 6.45) is 1.50. The van der Waals surface area contributed by atoms with Gasteiger partial charge in [-0.1, -0.05) is 38.1 Å². The molecule has 0 aliphatic carbocycles. The molecule has 0 spiro atoms. The van der Waals surface area contributed by atoms with E-state index < -0.39 is 0 Å². The van der Waals surface area contributed by atoms with Crippen LogP contribution in [0.3, 0.4) is 0 Å². The molecule has 0 saturated carbocycles. The molecule has 1 N–H and O–H groups in total. The Labute approximate surface area is 90.4 Å². The lowest BCUT2D eigenvalue weighted by atomic mass is 9.85. The second-order valence-corrected chi connectivity index (χ2v) is 4.41. The maximum Gasteiger partial charge on any atom is 0.128 e. The molecule has 82 valence electrons. The van der Waals surface area contributed by atoms with Crippen molar-refractivity contribution >= 4 is 6.21 Å². The van der Waals surface area contributed by atoms with Crippen LogP contribution in [0.15, 0.2) is 23.4 Å². The summed E-state index contributed by atoms with van der Waals surface area (Å²) in [4.78, 5) is 4.58. The molecule has 15 heavy (non-hydrogen) atoms. The summed E-state index contributed by atoms with van der Waals surface area (Å²) >= 11 is 0. The average Bonchev–Trinajstić information content (AvgIpc) is 2.14. The van der Waals surface area contributed by atoms with Gasteiger partial charge in [0.2, 0.25) is 0 Å². The van der Waals surface area contributed by atoms with E-state index in [0.29, 0.717) is 5.56 Å². The van der Waals surface area contributed by atoms with Gasteiger partial charge in [-0.15, -0.1) is 0 Å². The molecule has 1 rings (SSSR count). The first kappa shape index (κ1) is 11.6. The van der Waals surface area contributed by atoms with Gasteiger partial charge in [0.25, 0.3) is 0 Å². The number of phenols is 1. The Balaban J connectivity index is 3.17. The van der Waals surface area contributed by atoms with Crippen LogP contribution in [0.5, 0.6) is 5.75 Å². The van der Waals surface area contributed by atoms with Crippen LogP contribution in [0.2, 0.25) is 0 Å². The van der Waals surface area contributed by atoms with Gasteiger partial charge in [0, 0.05) is 5.56 Å². The molecule has 1 aromatic rings. The van der Waals surface area contributed by atoms with Crippen LogP contribution in [0.25, 0.3) is 0 Å². The highest BCUT2D eigenvalue weighted by Crippen LogP contribution is 2.32. The minimum Gasteiger partial charge on any atom is -0.507 e. The van der Waals surface area contributed by atoms with Crippen LogP contribution in [0.4, 0.5) is 0 Å². The Hall–Kier alpha value is -1.51. The predicted molar refractivity (Wildman–Crippen MR) is 61.4 cm³/mol. The fourth-order valence-corrected chi connectivity index (χ4v) is 1.38. The number of oxime groups is 1. The van der Waals surface area contributed by atoms with Gasteiger partial charge in [0.15, 0.2) is 0 Å². The van der Waals surface area contributed by atoms with Gasteiger partial charge >= 0.3 is 0 Å². The maximum absolute atomic E-state index is 10.0. The first-order valence-corrected chi connectivity index (χ1v) is 4.86. The summed E-state index contributed by atoms with van der Waals surface area (Å²) in [7, 11) is 1.47. The van der Waals surface area contributed by atoms with Gasteiger partial charge in [-0.3, -0.25) is 0 Å². The quantitative estimate of drug-likeness (QED) is 0.598. The third-order valence-corrected chi connectivity index (χ3v) is 2.17. The normalized spacial score (nSPS) is 12.0. The molecule has 3 nitrogen and oxygen atoms in total. The van der Waals surface area contributed by atoms with Gasteiger partial charge in [-0.2, -0.15) is 0 Å². The molecule has 0 atom stereocenters. The maximum atomic E-state index is 10.0. The standard InChI is InChI=1S/C12H17NO2/c1-12(2,3)10-7-5-6-9(11(10)14)8-13-15-4/h5-8,14H,1-4H3/b13-8+. The summed E-state index contributed by atoms with van der Waals surface area (Å²) in [5.74, 6) is 0.269. The molecular weight excluding hydrogens is 190 g/mol. The molecule has 0 aliphatic heterocycles. The highest BCUT2D eigenvalue weighted by molar-refractivity contribution is 5.83. The number of hydrogen-bond acceptors (Lipinski definition) is 3. The lowest BCUT2D eigenvalue weighted by molar-refractivity contribution is 0.215. The predicted octanol–water partition coefficient (Wildman–Crippen LogP) is 2.67. The Bertz CT molecular complexity index is 364. The molecule has 0 heterocycles. The van der Waals surface area contributed by atoms with Crippen LogP contribution in [0.1, 0.15) is 31.9 Å². The summed E-state index contributed by atoms with van der Waals surface area (Å²) in [6.45, 7) is 6.16. The van der Waals surface area contributed by atoms with Gasteiger partial charge in [0.05, 0.1) is 6.21 Å². The van der Waals surface area contributed by atoms with E-state index in [1.165, 1.54) is 13.3 Å². The molecule has 0 radical (unpaired) electrons. The molecule has 0 unspecified atom stereocenters. The lowest BCUT2D eigenvalue weighted by Gasteiger charge is -2.20. The summed E-state index contributed by atoms with van der Waals surface area (Å²) in [5.41, 5.74) is 1.49. The van der Waals surface area contributed by atoms with Crippen LogP contribution >= 0.6 is 0 Å². The number of benzene rings is 1. The highest BCUT2D eigenvalue weighted by atomic mass is 16.6. The number of hydrogen-bond donors (Lipinski definition) is 1. The minimum atomic E-state index is -0.0823. The van der Waals surface area contributed by atoms with Gasteiger partial charge in [0.1, 0.15) is 12.9 Å². The van der Waals surface area contributed by atoms with Crippen molar-refractivity contribution in [3.05, 3.63) is 29.3 Å². The molecule has 0 fully saturated rings. The van der Waals surface area contributed by atoms with Gasteiger partial charge in [-0.25, -0.2) is 0 Å². The molecule has 0 bridgehead atoms. The Morgan fingerprint density at radius 3 is 2.53 bits per heavy atom. The minimum absolute atomic E-state index is 0.0823. The van der Waals surface area contributed by atoms with Crippen molar-refractivity contribution in [1.82, 2.24) is 0 Å². The zero-order valence-corrected chi connectivity index (χ0v) is 9.61. The fraction of sp³-hybridized carbons (Fsp3) is 0.417. The average molecular weight is 207 g/mol. The summed E-state index contributed by atoms with van der Waals surface area (Å²) in [5, 5.41) is 13.6. The van der Waals surface area contributed by atoms with Crippen molar-refractivity contribution in [2.75, 3.05) is 7.11 Å². The Morgan fingerprint density at radius 1 is 1.33 bits per heavy atom. The van der Waals surface area contributed by atoms with E-state index in [2.05, 4.69) is 30.8 Å². The van der Waals surface area contributed by atoms with E-state index in [0.717, 1.165) is 5.56 Å². The van der Waals surface area contributed by atoms with E-state index in [9.17, 15) is 5.11 Å². The zero-order valence-electron chi connectivity index (χ0n) is 9.61. The second-order valence-electron chi connectivity index (χ2n) is 4.41. The third kappa shape index (κ3) is 2.72. The summed E-state index contributed by atoms with van der Waals surface area (Å²) < 4.78 is 0. The van der Waals surface area contributed by atoms with E-state index >= 15 is 0 Å². The fourth-order valence-electron chi connectivity index (χ4n) is 1.38. The number of aromatic hydroxyl groups is 1. The van der Waals surface area contributed by atoms with Crippen LogP contribution in [0, 0.1) is 0 Å². The Morgan fingerprint density at radius 2 is 2.00 bits per heavy atom. The van der Waals surface area contributed by atoms with Crippen molar-refractivity contribution in [2.45, 2.75) is 26.2 Å². The topological polar surface area (TPSA) is 41.8 Å². The van der Waals surface area contributed by atoms with Crippen LogP contribution < -0.4 is 0 Å². The smallest absolute Gasteiger partial charge is 0.128 e. The number of phenolic OH excluding ortho intramolecular Hbond substituents is 1. The molecule has 0 aromatic heterocycles. The molecular formula is C12H17NO2. The number of nitrogens with zero attached hydrogens (tertiary/aromatic N) is 1. The van der Waals surface area contributed by atoms with E-state index in [4.69, 9.17) is 0 Å². The van der Waals surface area contributed by atoms with Crippen molar-refractivity contribution in [3.8, 4) is 5.75 Å². The van der Waals surface area contributed by atoms with E-state index in [1.54, 1.807) is 6.07 Å². The third-order valence-electron chi connectivity index (χ3n) is 2.17. The first-order chi connectivity index (χ1) is 6.96. The lowest BCUT2D eigenvalue weighted by Crippen LogP contribution is -2.11. The zero-order chi connectivity index (χ0) is 11.5. The van der Waals surface area contributed by atoms with Gasteiger partial charge < -0.3 is 9.94 Å². The van der Waals surface area contributed by atoms with Crippen LogP contribution in [-0.4, -0.2) is 18.4 Å². The largest absolute Gasteiger partial charge is 0.507 e. The molecule has 1 aromatic carbocycles. The van der Waals surface area contributed by atoms with Crippen molar-refractivity contribution in [3.63, 3.8) is 0 Å². The first-order valence-electron chi connectivity index (χ1n) is 4.86. The molecule has 0 saturated heterocycles. The molecule has 3 heteroatoms. The Kier molecular flexibility index (Phi) is 3.35. The van der Waals surface area contributed by atoms with Crippen molar-refractivity contribution < 1.29 is 9.94 Å². The highest BCUT2D eigenvalue weighted by Gasteiger charge is 2.18. The summed E-state index contributed by atoms with van der Waals surface area (Å²) in [6, 6.07) is 5.61. The molecule has 0 aliphatic rings. The van der Waals surface area contributed by atoms with E-state index in [-0.39, 0.29) is 11.2 Å². The van der Waals surface area contributed by atoms with Gasteiger partial charge in [-0.05, 0) is 17.0 Å². The monoisotopic (exact) mass is 207 g/mol. The number of para-hydroxylation sites is 1. The van der Waals surface area contributed by atoms with Crippen LogP contribution in [-0.2, 0) is 10.3 Å². The molecule has 0 amide bonds. The SMILES string of the molecule is CO/N=C/c1cccc(C(C)(C)C)c1O.